The first-order chi connectivity index (χ1) is 15.5. The Morgan fingerprint density at radius 2 is 1.75 bits per heavy atom. The third-order valence-corrected chi connectivity index (χ3v) is 5.47. The number of aromatic amines is 1. The fraction of sp³-hybridized carbons (Fsp3) is 0.522. The third kappa shape index (κ3) is 6.85. The van der Waals surface area contributed by atoms with Gasteiger partial charge in [0.2, 0.25) is 5.91 Å². The van der Waals surface area contributed by atoms with Crippen molar-refractivity contribution >= 4 is 35.3 Å². The Bertz CT molecular complexity index is 913. The molecule has 0 saturated heterocycles. The van der Waals surface area contributed by atoms with Crippen molar-refractivity contribution in [3.63, 3.8) is 0 Å². The van der Waals surface area contributed by atoms with Gasteiger partial charge in [0.1, 0.15) is 17.3 Å². The van der Waals surface area contributed by atoms with Crippen LogP contribution in [0, 0.1) is 4.64 Å². The zero-order valence-corrected chi connectivity index (χ0v) is 20.6. The van der Waals surface area contributed by atoms with E-state index < -0.39 is 0 Å². The summed E-state index contributed by atoms with van der Waals surface area (Å²) >= 11 is 5.43. The smallest absolute Gasteiger partial charge is 0.296 e. The Kier molecular flexibility index (Phi) is 10.3. The molecule has 1 amide bonds. The number of aromatic nitrogens is 2. The Morgan fingerprint density at radius 1 is 1.06 bits per heavy atom. The summed E-state index contributed by atoms with van der Waals surface area (Å²) in [5.41, 5.74) is 1.65. The van der Waals surface area contributed by atoms with Gasteiger partial charge >= 0.3 is 0 Å². The van der Waals surface area contributed by atoms with E-state index in [-0.39, 0.29) is 5.91 Å². The monoisotopic (exact) mass is 461 g/mol. The molecule has 9 heteroatoms. The molecule has 8 nitrogen and oxygen atoms in total. The number of nitrogens with zero attached hydrogens (tertiary/aromatic N) is 3. The van der Waals surface area contributed by atoms with E-state index >= 15 is 0 Å². The van der Waals surface area contributed by atoms with E-state index in [0.717, 1.165) is 50.5 Å². The minimum atomic E-state index is -0.0870. The van der Waals surface area contributed by atoms with Crippen LogP contribution in [0.5, 0.6) is 11.8 Å². The summed E-state index contributed by atoms with van der Waals surface area (Å²) in [4.78, 5) is 24.5. The molecule has 0 bridgehead atoms. The number of hydrogen-bond donors (Lipinski definition) is 2. The fourth-order valence-corrected chi connectivity index (χ4v) is 3.72. The molecule has 0 fully saturated rings. The van der Waals surface area contributed by atoms with Gasteiger partial charge in [0, 0.05) is 38.3 Å². The van der Waals surface area contributed by atoms with Gasteiger partial charge in [0.25, 0.3) is 6.01 Å². The Hall–Kier alpha value is -2.81. The van der Waals surface area contributed by atoms with E-state index in [2.05, 4.69) is 32.0 Å². The van der Waals surface area contributed by atoms with Crippen LogP contribution >= 0.6 is 12.2 Å². The average molecular weight is 462 g/mol. The number of carbonyl (C=O) groups excluding carboxylic acids is 1. The van der Waals surface area contributed by atoms with Crippen LogP contribution < -0.4 is 24.6 Å². The Labute approximate surface area is 195 Å². The predicted octanol–water partition coefficient (Wildman–Crippen LogP) is 4.64. The van der Waals surface area contributed by atoms with E-state index in [4.69, 9.17) is 21.7 Å². The highest BCUT2D eigenvalue weighted by molar-refractivity contribution is 7.71. The maximum absolute atomic E-state index is 12.7. The lowest BCUT2D eigenvalue weighted by molar-refractivity contribution is -0.116. The Balaban J connectivity index is 2.06. The quantitative estimate of drug-likeness (QED) is 0.421. The lowest BCUT2D eigenvalue weighted by atomic mass is 10.2. The molecule has 0 unspecified atom stereocenters. The van der Waals surface area contributed by atoms with Crippen LogP contribution in [0.1, 0.15) is 40.0 Å². The maximum Gasteiger partial charge on any atom is 0.296 e. The highest BCUT2D eigenvalue weighted by Gasteiger charge is 2.17. The van der Waals surface area contributed by atoms with E-state index in [9.17, 15) is 4.79 Å². The van der Waals surface area contributed by atoms with Crippen LogP contribution in [0.3, 0.4) is 0 Å². The molecule has 1 heterocycles. The number of rotatable bonds is 13. The van der Waals surface area contributed by atoms with E-state index in [0.29, 0.717) is 28.6 Å². The van der Waals surface area contributed by atoms with Gasteiger partial charge in [-0.2, -0.15) is 4.98 Å². The Morgan fingerprint density at radius 3 is 2.31 bits per heavy atom. The molecule has 0 saturated carbocycles. The zero-order chi connectivity index (χ0) is 23.5. The van der Waals surface area contributed by atoms with Crippen LogP contribution in [-0.2, 0) is 4.79 Å². The molecule has 0 atom stereocenters. The van der Waals surface area contributed by atoms with Gasteiger partial charge in [-0.25, -0.2) is 0 Å². The summed E-state index contributed by atoms with van der Waals surface area (Å²) in [6, 6.07) is 8.33. The van der Waals surface area contributed by atoms with Crippen molar-refractivity contribution in [2.75, 3.05) is 55.5 Å². The number of carbonyl (C=O) groups is 1. The summed E-state index contributed by atoms with van der Waals surface area (Å²) in [7, 11) is 3.19. The summed E-state index contributed by atoms with van der Waals surface area (Å²) in [6.07, 6.45) is 2.13. The average Bonchev–Trinajstić information content (AvgIpc) is 2.81. The summed E-state index contributed by atoms with van der Waals surface area (Å²) in [5.74, 6) is 1.46. The van der Waals surface area contributed by atoms with Crippen molar-refractivity contribution in [3.05, 3.63) is 28.9 Å². The van der Waals surface area contributed by atoms with Gasteiger partial charge in [0.05, 0.1) is 14.2 Å². The van der Waals surface area contributed by atoms with Gasteiger partial charge in [-0.15, -0.1) is 0 Å². The molecule has 0 radical (unpaired) electrons. The molecule has 1 aromatic heterocycles. The van der Waals surface area contributed by atoms with Crippen molar-refractivity contribution in [1.29, 1.82) is 0 Å². The molecule has 0 aliphatic rings. The molecule has 32 heavy (non-hydrogen) atoms. The summed E-state index contributed by atoms with van der Waals surface area (Å²) in [6.45, 7) is 9.45. The SMILES string of the molecule is CCCN(CCCC(=O)Nc1c(N(CC)CC)[nH]c(OC)nc1=S)c1ccc(OC)cc1. The van der Waals surface area contributed by atoms with Crippen molar-refractivity contribution in [3.8, 4) is 11.8 Å². The first-order valence-corrected chi connectivity index (χ1v) is 11.5. The number of anilines is 3. The minimum absolute atomic E-state index is 0.0870. The normalized spacial score (nSPS) is 10.5. The van der Waals surface area contributed by atoms with Gasteiger partial charge < -0.3 is 24.6 Å². The van der Waals surface area contributed by atoms with Crippen LogP contribution in [0.15, 0.2) is 24.3 Å². The fourth-order valence-electron chi connectivity index (χ4n) is 3.49. The van der Waals surface area contributed by atoms with Gasteiger partial charge in [-0.05, 0) is 51.0 Å². The number of methoxy groups -OCH3 is 2. The summed E-state index contributed by atoms with van der Waals surface area (Å²) in [5, 5.41) is 2.97. The first kappa shape index (κ1) is 25.5. The largest absolute Gasteiger partial charge is 0.497 e. The molecule has 2 aromatic rings. The third-order valence-electron chi connectivity index (χ3n) is 5.18. The number of benzene rings is 1. The number of H-pyrrole nitrogens is 1. The van der Waals surface area contributed by atoms with Crippen molar-refractivity contribution in [1.82, 2.24) is 9.97 Å². The van der Waals surface area contributed by atoms with Crippen molar-refractivity contribution in [2.45, 2.75) is 40.0 Å². The second-order valence-corrected chi connectivity index (χ2v) is 7.67. The molecule has 0 aliphatic carbocycles. The van der Waals surface area contributed by atoms with Crippen LogP contribution in [-0.4, -0.2) is 56.3 Å². The first-order valence-electron chi connectivity index (χ1n) is 11.1. The number of ether oxygens (including phenoxy) is 2. The zero-order valence-electron chi connectivity index (χ0n) is 19.7. The van der Waals surface area contributed by atoms with Crippen molar-refractivity contribution in [2.24, 2.45) is 0 Å². The number of hydrogen-bond acceptors (Lipinski definition) is 7. The number of amides is 1. The highest BCUT2D eigenvalue weighted by Crippen LogP contribution is 2.27. The van der Waals surface area contributed by atoms with E-state index in [1.165, 1.54) is 7.11 Å². The molecule has 2 N–H and O–H groups in total. The molecule has 1 aromatic carbocycles. The predicted molar refractivity (Wildman–Crippen MR) is 133 cm³/mol. The molecule has 2 rings (SSSR count). The molecule has 0 aliphatic heterocycles. The number of nitrogens with one attached hydrogen (secondary N) is 2. The lowest BCUT2D eigenvalue weighted by Crippen LogP contribution is -2.27. The summed E-state index contributed by atoms with van der Waals surface area (Å²) < 4.78 is 10.8. The standard InChI is InChI=1S/C23H35N5O3S/c1-6-15-28(17-11-13-18(30-4)14-12-17)16-9-10-19(29)24-20-21(27(7-2)8-3)25-23(31-5)26-22(20)32/h11-14H,6-10,15-16H2,1-5H3,(H,24,29)(H,25,26,32). The van der Waals surface area contributed by atoms with Gasteiger partial charge in [0.15, 0.2) is 4.64 Å². The topological polar surface area (TPSA) is 82.7 Å². The van der Waals surface area contributed by atoms with E-state index in [1.807, 2.05) is 38.1 Å². The molecule has 176 valence electrons. The van der Waals surface area contributed by atoms with Crippen molar-refractivity contribution < 1.29 is 14.3 Å². The maximum atomic E-state index is 12.7. The van der Waals surface area contributed by atoms with Crippen LogP contribution in [0.2, 0.25) is 0 Å². The van der Waals surface area contributed by atoms with E-state index in [1.54, 1.807) is 7.11 Å². The molecule has 0 spiro atoms. The second-order valence-electron chi connectivity index (χ2n) is 7.28. The molecular formula is C23H35N5O3S. The molecular weight excluding hydrogens is 426 g/mol. The lowest BCUT2D eigenvalue weighted by Gasteiger charge is -2.25. The second kappa shape index (κ2) is 12.9. The van der Waals surface area contributed by atoms with Gasteiger partial charge in [-0.1, -0.05) is 19.1 Å². The highest BCUT2D eigenvalue weighted by atomic mass is 32.1. The van der Waals surface area contributed by atoms with Crippen LogP contribution in [0.25, 0.3) is 0 Å². The van der Waals surface area contributed by atoms with Gasteiger partial charge in [-0.3, -0.25) is 9.78 Å². The minimum Gasteiger partial charge on any atom is -0.497 e. The van der Waals surface area contributed by atoms with Crippen LogP contribution in [0.4, 0.5) is 17.2 Å².